The van der Waals surface area contributed by atoms with Crippen molar-refractivity contribution in [3.05, 3.63) is 161 Å². The summed E-state index contributed by atoms with van der Waals surface area (Å²) in [4.78, 5) is 19.5. The maximum absolute atomic E-state index is 5.88. The van der Waals surface area contributed by atoms with Crippen molar-refractivity contribution < 1.29 is 28.5 Å². The smallest absolute Gasteiger partial charge is 0.244 e. The second-order valence-corrected chi connectivity index (χ2v) is 23.4. The fourth-order valence-corrected chi connectivity index (χ4v) is 10.1. The molecule has 0 atom stereocenters. The molecule has 0 unspecified atom stereocenters. The van der Waals surface area contributed by atoms with Crippen LogP contribution in [0, 0.1) is 0 Å². The van der Waals surface area contributed by atoms with Gasteiger partial charge in [-0.2, -0.15) is 0 Å². The summed E-state index contributed by atoms with van der Waals surface area (Å²) in [6, 6.07) is 45.2. The van der Waals surface area contributed by atoms with Crippen LogP contribution in [0.5, 0.6) is 0 Å². The summed E-state index contributed by atoms with van der Waals surface area (Å²) >= 11 is 0. The van der Waals surface area contributed by atoms with Crippen LogP contribution in [0.3, 0.4) is 0 Å². The van der Waals surface area contributed by atoms with Gasteiger partial charge in [0.2, 0.25) is 17.7 Å². The number of rotatable bonds is 4. The van der Waals surface area contributed by atoms with Gasteiger partial charge < -0.3 is 33.9 Å². The maximum atomic E-state index is 5.88. The van der Waals surface area contributed by atoms with E-state index < -0.39 is 0 Å². The third-order valence-corrected chi connectivity index (χ3v) is 14.2. The first-order chi connectivity index (χ1) is 32.5. The first-order valence-electron chi connectivity index (χ1n) is 24.5. The van der Waals surface area contributed by atoms with Crippen LogP contribution in [-0.2, 0) is 35.8 Å². The van der Waals surface area contributed by atoms with Gasteiger partial charge in [-0.1, -0.05) is 180 Å². The Bertz CT molecular complexity index is 3270. The molecule has 4 aromatic heterocycles. The first-order valence-corrected chi connectivity index (χ1v) is 24.5. The standard InChI is InChI=1S/C63H67N6.HI/c1-60(2,3)42-23-15-38(16-24-42)52-46-31-32-47(64-46)53(39-17-25-43(26-18-39)61(4,5)6)49-34-36-51(66-49)55(41-21-29-45(30-22-41)63(10,11)12)57-59-58(68(13)37-69(59)14)56(67-57)54(50-35-33-48(52)65-50)40-19-27-44(28-20-40)62(7,8)9;/h15-37,65-66H,1-14H3;1H/q+1;/p-1. The lowest BCUT2D eigenvalue weighted by Crippen LogP contribution is -3.00. The van der Waals surface area contributed by atoms with E-state index in [1.807, 2.05) is 0 Å². The molecule has 0 saturated heterocycles. The zero-order chi connectivity index (χ0) is 48.9. The van der Waals surface area contributed by atoms with Gasteiger partial charge in [0.05, 0.1) is 25.5 Å². The number of hydrogen-bond acceptors (Lipinski definition) is 2. The van der Waals surface area contributed by atoms with Crippen LogP contribution in [0.15, 0.2) is 128 Å². The van der Waals surface area contributed by atoms with Crippen LogP contribution in [0.2, 0.25) is 0 Å². The number of aromatic amines is 2. The summed E-state index contributed by atoms with van der Waals surface area (Å²) in [5.41, 5.74) is 23.4. The molecule has 8 aromatic rings. The molecule has 2 aliphatic heterocycles. The zero-order valence-electron chi connectivity index (χ0n) is 43.4. The number of nitrogens with zero attached hydrogens (tertiary/aromatic N) is 4. The monoisotopic (exact) mass is 1030 g/mol. The predicted octanol–water partition coefficient (Wildman–Crippen LogP) is 12.8. The Morgan fingerprint density at radius 3 is 1.03 bits per heavy atom. The van der Waals surface area contributed by atoms with Crippen molar-refractivity contribution in [2.24, 2.45) is 14.1 Å². The second-order valence-electron chi connectivity index (χ2n) is 23.4. The maximum Gasteiger partial charge on any atom is 0.244 e. The molecule has 2 N–H and O–H groups in total. The van der Waals surface area contributed by atoms with Crippen LogP contribution in [0.4, 0.5) is 0 Å². The van der Waals surface area contributed by atoms with Gasteiger partial charge in [-0.05, 0) is 103 Å². The highest BCUT2D eigenvalue weighted by Gasteiger charge is 2.35. The number of aromatic nitrogens is 6. The van der Waals surface area contributed by atoms with Gasteiger partial charge in [-0.15, -0.1) is 0 Å². The fraction of sp³-hybridized carbons (Fsp3) is 0.286. The lowest BCUT2D eigenvalue weighted by Gasteiger charge is -2.19. The van der Waals surface area contributed by atoms with E-state index in [1.54, 1.807) is 0 Å². The molecular formula is C63H67IN6. The molecule has 2 aliphatic rings. The minimum absolute atomic E-state index is 0. The van der Waals surface area contributed by atoms with E-state index in [2.05, 4.69) is 256 Å². The van der Waals surface area contributed by atoms with Crippen molar-refractivity contribution in [3.8, 4) is 67.3 Å². The lowest BCUT2D eigenvalue weighted by atomic mass is 9.86. The molecule has 0 saturated carbocycles. The molecule has 10 rings (SSSR count). The molecule has 4 aromatic carbocycles. The van der Waals surface area contributed by atoms with Crippen molar-refractivity contribution in [3.63, 3.8) is 0 Å². The van der Waals surface area contributed by atoms with Gasteiger partial charge in [0.15, 0.2) is 0 Å². The van der Waals surface area contributed by atoms with Crippen LogP contribution in [0.25, 0.3) is 102 Å². The van der Waals surface area contributed by atoms with Crippen molar-refractivity contribution in [1.82, 2.24) is 24.5 Å². The lowest BCUT2D eigenvalue weighted by molar-refractivity contribution is -0.660. The number of H-pyrrole nitrogens is 2. The summed E-state index contributed by atoms with van der Waals surface area (Å²) in [5, 5.41) is 0. The average Bonchev–Trinajstić information content (AvgIpc) is 4.15. The number of nitrogens with one attached hydrogen (secondary N) is 2. The second kappa shape index (κ2) is 17.5. The largest absolute Gasteiger partial charge is 1.00 e. The molecule has 7 heteroatoms. The molecular weight excluding hydrogens is 968 g/mol. The van der Waals surface area contributed by atoms with E-state index in [9.17, 15) is 0 Å². The number of hydrogen-bond donors (Lipinski definition) is 2. The van der Waals surface area contributed by atoms with Crippen LogP contribution < -0.4 is 28.5 Å². The third kappa shape index (κ3) is 8.80. The Kier molecular flexibility index (Phi) is 12.2. The predicted molar refractivity (Wildman–Crippen MR) is 291 cm³/mol. The average molecular weight is 1040 g/mol. The molecule has 8 bridgehead atoms. The highest BCUT2D eigenvalue weighted by Crippen LogP contribution is 2.46. The Balaban J connectivity index is 0.00000608. The Labute approximate surface area is 432 Å². The summed E-state index contributed by atoms with van der Waals surface area (Å²) < 4.78 is 4.47. The first kappa shape index (κ1) is 48.7. The van der Waals surface area contributed by atoms with E-state index in [0.29, 0.717) is 0 Å². The summed E-state index contributed by atoms with van der Waals surface area (Å²) in [6.07, 6.45) is 6.56. The van der Waals surface area contributed by atoms with Crippen molar-refractivity contribution in [1.29, 1.82) is 0 Å². The topological polar surface area (TPSA) is 66.2 Å². The van der Waals surface area contributed by atoms with E-state index >= 15 is 0 Å². The van der Waals surface area contributed by atoms with Crippen LogP contribution in [0.1, 0.15) is 117 Å². The Morgan fingerprint density at radius 1 is 0.400 bits per heavy atom. The van der Waals surface area contributed by atoms with E-state index in [0.717, 1.165) is 101 Å². The van der Waals surface area contributed by atoms with Gasteiger partial charge in [0, 0.05) is 44.3 Å². The number of imidazole rings is 1. The molecule has 6 heterocycles. The molecule has 70 heavy (non-hydrogen) atoms. The van der Waals surface area contributed by atoms with Crippen LogP contribution >= 0.6 is 0 Å². The van der Waals surface area contributed by atoms with E-state index in [1.165, 1.54) is 22.3 Å². The number of aryl methyl sites for hydroxylation is 2. The third-order valence-electron chi connectivity index (χ3n) is 14.2. The van der Waals surface area contributed by atoms with Crippen molar-refractivity contribution in [2.45, 2.75) is 105 Å². The van der Waals surface area contributed by atoms with E-state index in [-0.39, 0.29) is 45.6 Å². The van der Waals surface area contributed by atoms with Crippen LogP contribution in [-0.4, -0.2) is 24.5 Å². The molecule has 0 spiro atoms. The quantitative estimate of drug-likeness (QED) is 0.136. The SMILES string of the molecule is Cn1c[n+](C)c2c1-c1nc-2c(-c2ccc(C(C)(C)C)cc2)c2ccc([nH]2)c(-c2ccc(C(C)(C)C)cc2)c2nc(c(-c3ccc(C(C)(C)C)cc3)c3ccc([nH]3)c1-c1ccc(C(C)(C)C)cc1)C=C2.[I-]. The number of fused-ring (bicyclic) bond motifs is 11. The van der Waals surface area contributed by atoms with Gasteiger partial charge in [0.1, 0.15) is 11.4 Å². The zero-order valence-corrected chi connectivity index (χ0v) is 45.6. The number of halogens is 1. The molecule has 0 aliphatic carbocycles. The summed E-state index contributed by atoms with van der Waals surface area (Å²) in [5.74, 6) is 0. The molecule has 0 fully saturated rings. The number of benzene rings is 4. The van der Waals surface area contributed by atoms with Crippen molar-refractivity contribution >= 4 is 34.2 Å². The van der Waals surface area contributed by atoms with Gasteiger partial charge in [-0.3, -0.25) is 0 Å². The summed E-state index contributed by atoms with van der Waals surface area (Å²) in [7, 11) is 4.28. The van der Waals surface area contributed by atoms with Gasteiger partial charge in [0.25, 0.3) is 0 Å². The normalized spacial score (nSPS) is 12.8. The molecule has 0 radical (unpaired) electrons. The van der Waals surface area contributed by atoms with Gasteiger partial charge in [-0.25, -0.2) is 19.1 Å². The minimum Gasteiger partial charge on any atom is -1.00 e. The molecule has 6 nitrogen and oxygen atoms in total. The fourth-order valence-electron chi connectivity index (χ4n) is 10.1. The Morgan fingerprint density at radius 2 is 0.700 bits per heavy atom. The van der Waals surface area contributed by atoms with Gasteiger partial charge >= 0.3 is 0 Å². The molecule has 356 valence electrons. The summed E-state index contributed by atoms with van der Waals surface area (Å²) in [6.45, 7) is 27.2. The van der Waals surface area contributed by atoms with E-state index in [4.69, 9.17) is 9.97 Å². The highest BCUT2D eigenvalue weighted by molar-refractivity contribution is 6.03. The highest BCUT2D eigenvalue weighted by atomic mass is 127. The van der Waals surface area contributed by atoms with Crippen molar-refractivity contribution in [2.75, 3.05) is 0 Å². The Hall–Kier alpha value is -6.32. The molecule has 0 amide bonds. The minimum atomic E-state index is 0.